The van der Waals surface area contributed by atoms with Crippen LogP contribution in [-0.2, 0) is 14.2 Å². The summed E-state index contributed by atoms with van der Waals surface area (Å²) in [5.41, 5.74) is 1.59. The highest BCUT2D eigenvalue weighted by Gasteiger charge is 2.56. The molecule has 1 N–H and O–H groups in total. The molecule has 7 nitrogen and oxygen atoms in total. The van der Waals surface area contributed by atoms with E-state index in [1.165, 1.54) is 4.80 Å². The van der Waals surface area contributed by atoms with Crippen molar-refractivity contribution in [3.05, 3.63) is 24.3 Å². The van der Waals surface area contributed by atoms with Crippen molar-refractivity contribution in [2.24, 2.45) is 0 Å². The van der Waals surface area contributed by atoms with E-state index in [1.807, 2.05) is 38.1 Å². The molecule has 0 unspecified atom stereocenters. The maximum absolute atomic E-state index is 9.48. The van der Waals surface area contributed by atoms with Crippen molar-refractivity contribution >= 4 is 11.0 Å². The molecule has 112 valence electrons. The summed E-state index contributed by atoms with van der Waals surface area (Å²) in [6, 6.07) is 7.61. The lowest BCUT2D eigenvalue weighted by molar-refractivity contribution is -0.203. The van der Waals surface area contributed by atoms with Crippen LogP contribution in [0.25, 0.3) is 11.0 Å². The van der Waals surface area contributed by atoms with Crippen molar-refractivity contribution in [2.45, 2.75) is 44.2 Å². The van der Waals surface area contributed by atoms with Crippen LogP contribution in [0.4, 0.5) is 0 Å². The van der Waals surface area contributed by atoms with Gasteiger partial charge in [0.05, 0.1) is 6.61 Å². The SMILES string of the molecule is CC1(C)O[C@@H]2[C@H](O1)[C@@H](CO)O[C@H]2n1nc2ccccc2n1. The van der Waals surface area contributed by atoms with Gasteiger partial charge in [-0.2, -0.15) is 15.0 Å². The molecule has 2 fully saturated rings. The summed E-state index contributed by atoms with van der Waals surface area (Å²) in [5.74, 6) is -0.697. The third-order valence-electron chi connectivity index (χ3n) is 3.83. The Morgan fingerprint density at radius 2 is 1.76 bits per heavy atom. The van der Waals surface area contributed by atoms with Gasteiger partial charge in [0, 0.05) is 0 Å². The number of hydrogen-bond acceptors (Lipinski definition) is 6. The average Bonchev–Trinajstić information content (AvgIpc) is 3.08. The Morgan fingerprint density at radius 1 is 1.14 bits per heavy atom. The molecular weight excluding hydrogens is 274 g/mol. The Hall–Kier alpha value is -1.54. The Morgan fingerprint density at radius 3 is 2.38 bits per heavy atom. The lowest BCUT2D eigenvalue weighted by atomic mass is 10.1. The summed E-state index contributed by atoms with van der Waals surface area (Å²) >= 11 is 0. The fraction of sp³-hybridized carbons (Fsp3) is 0.571. The molecule has 21 heavy (non-hydrogen) atoms. The van der Waals surface area contributed by atoms with E-state index < -0.39 is 18.1 Å². The number of ether oxygens (including phenoxy) is 3. The average molecular weight is 291 g/mol. The molecule has 0 aliphatic carbocycles. The highest BCUT2D eigenvalue weighted by molar-refractivity contribution is 5.72. The first-order valence-electron chi connectivity index (χ1n) is 7.01. The zero-order chi connectivity index (χ0) is 14.6. The standard InChI is InChI=1S/C14H17N3O4/c1-14(2)20-11-10(7-18)19-13(12(11)21-14)17-15-8-5-3-4-6-9(8)16-17/h3-6,10-13,18H,7H2,1-2H3/t10-,11-,12-,13-/m1/s1. The molecule has 4 rings (SSSR count). The van der Waals surface area contributed by atoms with Gasteiger partial charge in [0.15, 0.2) is 12.0 Å². The van der Waals surface area contributed by atoms with Gasteiger partial charge in [-0.3, -0.25) is 0 Å². The molecule has 2 saturated heterocycles. The molecule has 1 aromatic carbocycles. The molecule has 4 atom stereocenters. The van der Waals surface area contributed by atoms with E-state index in [0.29, 0.717) is 0 Å². The summed E-state index contributed by atoms with van der Waals surface area (Å²) in [6.45, 7) is 3.57. The Bertz CT molecular complexity index is 638. The topological polar surface area (TPSA) is 78.6 Å². The molecule has 1 aromatic heterocycles. The van der Waals surface area contributed by atoms with E-state index in [1.54, 1.807) is 0 Å². The molecule has 2 aliphatic rings. The Balaban J connectivity index is 1.71. The van der Waals surface area contributed by atoms with Gasteiger partial charge in [-0.25, -0.2) is 0 Å². The van der Waals surface area contributed by atoms with E-state index in [-0.39, 0.29) is 18.8 Å². The van der Waals surface area contributed by atoms with Crippen molar-refractivity contribution in [1.29, 1.82) is 0 Å². The second kappa shape index (κ2) is 4.48. The van der Waals surface area contributed by atoms with Gasteiger partial charge in [0.2, 0.25) is 0 Å². The van der Waals surface area contributed by atoms with Crippen LogP contribution in [-0.4, -0.2) is 50.8 Å². The molecule has 0 saturated carbocycles. The quantitative estimate of drug-likeness (QED) is 0.883. The van der Waals surface area contributed by atoms with Crippen LogP contribution in [0.15, 0.2) is 24.3 Å². The van der Waals surface area contributed by atoms with Gasteiger partial charge in [-0.15, -0.1) is 0 Å². The molecule has 0 amide bonds. The highest BCUT2D eigenvalue weighted by Crippen LogP contribution is 2.42. The summed E-state index contributed by atoms with van der Waals surface area (Å²) in [6.07, 6.45) is -1.58. The summed E-state index contributed by atoms with van der Waals surface area (Å²) in [4.78, 5) is 1.52. The number of fused-ring (bicyclic) bond motifs is 2. The second-order valence-electron chi connectivity index (χ2n) is 5.82. The third kappa shape index (κ3) is 2.04. The number of aromatic nitrogens is 3. The number of rotatable bonds is 2. The Kier molecular flexibility index (Phi) is 2.80. The number of hydrogen-bond donors (Lipinski definition) is 1. The first-order chi connectivity index (χ1) is 10.1. The van der Waals surface area contributed by atoms with E-state index in [9.17, 15) is 5.11 Å². The Labute approximate surface area is 121 Å². The molecule has 2 aromatic rings. The van der Waals surface area contributed by atoms with Crippen molar-refractivity contribution in [3.8, 4) is 0 Å². The lowest BCUT2D eigenvalue weighted by Crippen LogP contribution is -2.31. The normalized spacial score (nSPS) is 34.4. The molecule has 0 spiro atoms. The maximum Gasteiger partial charge on any atom is 0.198 e. The predicted octanol–water partition coefficient (Wildman–Crippen LogP) is 0.841. The van der Waals surface area contributed by atoms with E-state index in [4.69, 9.17) is 14.2 Å². The maximum atomic E-state index is 9.48. The van der Waals surface area contributed by atoms with Crippen molar-refractivity contribution in [1.82, 2.24) is 15.0 Å². The van der Waals surface area contributed by atoms with Gasteiger partial charge in [0.1, 0.15) is 29.3 Å². The van der Waals surface area contributed by atoms with Crippen LogP contribution in [0.1, 0.15) is 20.1 Å². The minimum absolute atomic E-state index is 0.127. The minimum Gasteiger partial charge on any atom is -0.394 e. The van der Waals surface area contributed by atoms with Gasteiger partial charge in [-0.1, -0.05) is 12.1 Å². The van der Waals surface area contributed by atoms with Gasteiger partial charge < -0.3 is 19.3 Å². The van der Waals surface area contributed by atoms with Crippen LogP contribution >= 0.6 is 0 Å². The largest absolute Gasteiger partial charge is 0.394 e. The smallest absolute Gasteiger partial charge is 0.198 e. The molecule has 0 radical (unpaired) electrons. The van der Waals surface area contributed by atoms with Gasteiger partial charge in [-0.05, 0) is 26.0 Å². The van der Waals surface area contributed by atoms with Crippen molar-refractivity contribution in [2.75, 3.05) is 6.61 Å². The number of benzene rings is 1. The number of aliphatic hydroxyl groups is 1. The lowest BCUT2D eigenvalue weighted by Gasteiger charge is -2.23. The zero-order valence-corrected chi connectivity index (χ0v) is 11.8. The van der Waals surface area contributed by atoms with Crippen LogP contribution in [0.3, 0.4) is 0 Å². The third-order valence-corrected chi connectivity index (χ3v) is 3.83. The molecule has 0 bridgehead atoms. The van der Waals surface area contributed by atoms with Crippen LogP contribution in [0, 0.1) is 0 Å². The molecule has 2 aliphatic heterocycles. The zero-order valence-electron chi connectivity index (χ0n) is 11.8. The summed E-state index contributed by atoms with van der Waals surface area (Å²) in [5, 5.41) is 18.3. The molecular formula is C14H17N3O4. The van der Waals surface area contributed by atoms with Crippen molar-refractivity contribution in [3.63, 3.8) is 0 Å². The number of aliphatic hydroxyl groups excluding tert-OH is 1. The first kappa shape index (κ1) is 13.1. The van der Waals surface area contributed by atoms with Crippen LogP contribution in [0.5, 0.6) is 0 Å². The molecule has 7 heteroatoms. The van der Waals surface area contributed by atoms with Crippen molar-refractivity contribution < 1.29 is 19.3 Å². The fourth-order valence-electron chi connectivity index (χ4n) is 2.98. The van der Waals surface area contributed by atoms with Gasteiger partial charge in [0.25, 0.3) is 0 Å². The predicted molar refractivity (Wildman–Crippen MR) is 72.3 cm³/mol. The summed E-state index contributed by atoms with van der Waals surface area (Å²) in [7, 11) is 0. The van der Waals surface area contributed by atoms with E-state index in [2.05, 4.69) is 10.2 Å². The van der Waals surface area contributed by atoms with E-state index >= 15 is 0 Å². The highest BCUT2D eigenvalue weighted by atomic mass is 16.8. The van der Waals surface area contributed by atoms with E-state index in [0.717, 1.165) is 11.0 Å². The first-order valence-corrected chi connectivity index (χ1v) is 7.01. The van der Waals surface area contributed by atoms with Crippen LogP contribution in [0.2, 0.25) is 0 Å². The summed E-state index contributed by atoms with van der Waals surface area (Å²) < 4.78 is 17.6. The molecule has 3 heterocycles. The van der Waals surface area contributed by atoms with Crippen LogP contribution < -0.4 is 0 Å². The monoisotopic (exact) mass is 291 g/mol. The second-order valence-corrected chi connectivity index (χ2v) is 5.82. The fourth-order valence-corrected chi connectivity index (χ4v) is 2.98. The van der Waals surface area contributed by atoms with Gasteiger partial charge >= 0.3 is 0 Å². The minimum atomic E-state index is -0.697. The number of nitrogens with zero attached hydrogens (tertiary/aromatic N) is 3.